The molecule has 5 rings (SSSR count). The number of hydrogen-bond acceptors (Lipinski definition) is 7. The van der Waals surface area contributed by atoms with Gasteiger partial charge in [-0.2, -0.15) is 5.10 Å². The highest BCUT2D eigenvalue weighted by atomic mass is 32.1. The molecule has 0 amide bonds. The smallest absolute Gasteiger partial charge is 0.269 e. The number of ether oxygens (including phenoxy) is 1. The van der Waals surface area contributed by atoms with Gasteiger partial charge < -0.3 is 14.2 Å². The summed E-state index contributed by atoms with van der Waals surface area (Å²) in [5.41, 5.74) is 5.74. The Balaban J connectivity index is 1.48. The van der Waals surface area contributed by atoms with Gasteiger partial charge in [-0.05, 0) is 59.9 Å². The minimum absolute atomic E-state index is 0.0985. The molecule has 1 aliphatic heterocycles. The van der Waals surface area contributed by atoms with E-state index in [0.29, 0.717) is 13.2 Å². The zero-order chi connectivity index (χ0) is 23.5. The second-order valence-corrected chi connectivity index (χ2v) is 9.26. The Hall–Kier alpha value is -3.56. The molecule has 1 fully saturated rings. The molecule has 0 unspecified atom stereocenters. The Morgan fingerprint density at radius 1 is 1.09 bits per heavy atom. The number of thiazole rings is 1. The van der Waals surface area contributed by atoms with Gasteiger partial charge in [-0.1, -0.05) is 23.5 Å². The van der Waals surface area contributed by atoms with Crippen molar-refractivity contribution < 1.29 is 9.66 Å². The first-order valence-electron chi connectivity index (χ1n) is 11.2. The molecule has 0 spiro atoms. The van der Waals surface area contributed by atoms with Crippen LogP contribution in [-0.4, -0.2) is 46.9 Å². The topological polar surface area (TPSA) is 85.3 Å². The number of nitro benzene ring substituents is 1. The van der Waals surface area contributed by atoms with E-state index < -0.39 is 0 Å². The molecule has 0 radical (unpaired) electrons. The van der Waals surface area contributed by atoms with Gasteiger partial charge in [0.2, 0.25) is 4.80 Å². The lowest BCUT2D eigenvalue weighted by Gasteiger charge is -2.31. The minimum Gasteiger partial charge on any atom is -0.378 e. The van der Waals surface area contributed by atoms with E-state index in [-0.39, 0.29) is 10.6 Å². The number of benzene rings is 2. The van der Waals surface area contributed by atoms with Crippen molar-refractivity contribution in [3.05, 3.63) is 85.9 Å². The fourth-order valence-corrected chi connectivity index (χ4v) is 5.37. The van der Waals surface area contributed by atoms with E-state index in [1.54, 1.807) is 35.6 Å². The Bertz CT molecular complexity index is 1380. The minimum atomic E-state index is -0.375. The van der Waals surface area contributed by atoms with Crippen molar-refractivity contribution in [2.75, 3.05) is 26.3 Å². The lowest BCUT2D eigenvalue weighted by Crippen LogP contribution is -2.36. The van der Waals surface area contributed by atoms with Crippen LogP contribution in [0.15, 0.2) is 75.6 Å². The van der Waals surface area contributed by atoms with Crippen molar-refractivity contribution in [2.24, 2.45) is 17.3 Å². The first-order chi connectivity index (χ1) is 16.6. The molecule has 0 bridgehead atoms. The number of morpholine rings is 1. The lowest BCUT2D eigenvalue weighted by atomic mass is 10.1. The molecule has 0 atom stereocenters. The summed E-state index contributed by atoms with van der Waals surface area (Å²) in [6.07, 6.45) is 5.77. The Morgan fingerprint density at radius 3 is 2.59 bits per heavy atom. The van der Waals surface area contributed by atoms with E-state index in [2.05, 4.69) is 37.9 Å². The number of para-hydroxylation sites is 1. The molecule has 2 aromatic carbocycles. The van der Waals surface area contributed by atoms with E-state index in [9.17, 15) is 10.1 Å². The fourth-order valence-electron chi connectivity index (χ4n) is 4.39. The molecule has 8 nitrogen and oxygen atoms in total. The van der Waals surface area contributed by atoms with Gasteiger partial charge in [-0.25, -0.2) is 0 Å². The quantitative estimate of drug-likeness (QED) is 0.309. The number of fused-ring (bicyclic) bond motifs is 1. The van der Waals surface area contributed by atoms with Crippen molar-refractivity contribution in [2.45, 2.75) is 12.8 Å². The Kier molecular flexibility index (Phi) is 6.37. The molecule has 1 aliphatic carbocycles. The molecule has 0 N–H and O–H groups in total. The maximum atomic E-state index is 11.0. The summed E-state index contributed by atoms with van der Waals surface area (Å²) in [5, 5.41) is 20.0. The molecule has 34 heavy (non-hydrogen) atoms. The second-order valence-electron chi connectivity index (χ2n) is 8.25. The predicted molar refractivity (Wildman–Crippen MR) is 135 cm³/mol. The van der Waals surface area contributed by atoms with Gasteiger partial charge in [0.25, 0.3) is 5.69 Å². The van der Waals surface area contributed by atoms with E-state index in [1.165, 1.54) is 16.0 Å². The summed E-state index contributed by atoms with van der Waals surface area (Å²) in [6.45, 7) is 3.04. The van der Waals surface area contributed by atoms with Crippen molar-refractivity contribution in [1.29, 1.82) is 0 Å². The van der Waals surface area contributed by atoms with E-state index in [1.807, 2.05) is 25.4 Å². The highest BCUT2D eigenvalue weighted by molar-refractivity contribution is 7.16. The summed E-state index contributed by atoms with van der Waals surface area (Å²) in [7, 11) is 2.01. The van der Waals surface area contributed by atoms with Gasteiger partial charge in [0.1, 0.15) is 0 Å². The van der Waals surface area contributed by atoms with Crippen LogP contribution in [0.5, 0.6) is 0 Å². The highest BCUT2D eigenvalue weighted by Gasteiger charge is 2.25. The van der Waals surface area contributed by atoms with E-state index in [0.717, 1.165) is 47.4 Å². The lowest BCUT2D eigenvalue weighted by molar-refractivity contribution is -0.384. The summed E-state index contributed by atoms with van der Waals surface area (Å²) in [5.74, 6) is 0. The van der Waals surface area contributed by atoms with E-state index in [4.69, 9.17) is 4.74 Å². The maximum Gasteiger partial charge on any atom is 0.269 e. The monoisotopic (exact) mass is 475 g/mol. The summed E-state index contributed by atoms with van der Waals surface area (Å²) >= 11 is 1.62. The van der Waals surface area contributed by atoms with E-state index >= 15 is 0 Å². The third-order valence-corrected chi connectivity index (χ3v) is 7.22. The standard InChI is InChI=1S/C25H25N5O3S/c1-28-22-4-2-3-5-23(22)34-25(28)27-26-17-20-9-8-19(24(20)29-12-14-33-15-13-29)16-18-6-10-21(11-7-18)30(31)32/h2-7,10-11,16-17H,8-9,12-15H2,1H3. The zero-order valence-electron chi connectivity index (χ0n) is 18.9. The van der Waals surface area contributed by atoms with Crippen LogP contribution >= 0.6 is 11.3 Å². The number of aromatic nitrogens is 1. The van der Waals surface area contributed by atoms with Gasteiger partial charge in [-0.3, -0.25) is 10.1 Å². The number of hydrogen-bond donors (Lipinski definition) is 0. The number of non-ortho nitro benzene ring substituents is 1. The van der Waals surface area contributed by atoms with Gasteiger partial charge in [0, 0.05) is 38.0 Å². The number of nitrogens with zero attached hydrogens (tertiary/aromatic N) is 5. The predicted octanol–water partition coefficient (Wildman–Crippen LogP) is 4.50. The van der Waals surface area contributed by atoms with Crippen LogP contribution in [0.4, 0.5) is 5.69 Å². The van der Waals surface area contributed by atoms with Crippen LogP contribution in [0.1, 0.15) is 18.4 Å². The number of rotatable bonds is 5. The van der Waals surface area contributed by atoms with Gasteiger partial charge in [-0.15, -0.1) is 5.10 Å². The highest BCUT2D eigenvalue weighted by Crippen LogP contribution is 2.35. The molecular weight excluding hydrogens is 450 g/mol. The number of nitro groups is 1. The molecule has 3 aromatic rings. The van der Waals surface area contributed by atoms with Crippen LogP contribution in [-0.2, 0) is 11.8 Å². The summed E-state index contributed by atoms with van der Waals surface area (Å²) in [4.78, 5) is 13.8. The average Bonchev–Trinajstić information content (AvgIpc) is 3.40. The molecule has 2 aliphatic rings. The van der Waals surface area contributed by atoms with Crippen LogP contribution < -0.4 is 4.80 Å². The van der Waals surface area contributed by atoms with Gasteiger partial charge in [0.15, 0.2) is 0 Å². The normalized spacial score (nSPS) is 18.7. The van der Waals surface area contributed by atoms with Crippen molar-refractivity contribution >= 4 is 39.5 Å². The molecule has 1 aromatic heterocycles. The molecule has 1 saturated heterocycles. The third kappa shape index (κ3) is 4.57. The molecule has 0 saturated carbocycles. The Labute approximate surface area is 201 Å². The molecule has 2 heterocycles. The van der Waals surface area contributed by atoms with Crippen molar-refractivity contribution in [3.8, 4) is 0 Å². The Morgan fingerprint density at radius 2 is 1.85 bits per heavy atom. The van der Waals surface area contributed by atoms with Gasteiger partial charge >= 0.3 is 0 Å². The zero-order valence-corrected chi connectivity index (χ0v) is 19.7. The van der Waals surface area contributed by atoms with Crippen LogP contribution in [0.3, 0.4) is 0 Å². The average molecular weight is 476 g/mol. The first-order valence-corrected chi connectivity index (χ1v) is 12.0. The van der Waals surface area contributed by atoms with Crippen LogP contribution in [0.2, 0.25) is 0 Å². The first kappa shape index (κ1) is 22.2. The van der Waals surface area contributed by atoms with Crippen LogP contribution in [0.25, 0.3) is 16.3 Å². The number of allylic oxidation sites excluding steroid dienone is 2. The summed E-state index contributed by atoms with van der Waals surface area (Å²) in [6, 6.07) is 14.9. The third-order valence-electron chi connectivity index (χ3n) is 6.12. The fraction of sp³-hybridized carbons (Fsp3) is 0.280. The van der Waals surface area contributed by atoms with Crippen LogP contribution in [0, 0.1) is 10.1 Å². The molecular formula is C25H25N5O3S. The molecule has 9 heteroatoms. The summed E-state index contributed by atoms with van der Waals surface area (Å²) < 4.78 is 8.80. The van der Waals surface area contributed by atoms with Crippen molar-refractivity contribution in [3.63, 3.8) is 0 Å². The van der Waals surface area contributed by atoms with Crippen molar-refractivity contribution in [1.82, 2.24) is 9.47 Å². The number of aryl methyl sites for hydroxylation is 1. The maximum absolute atomic E-state index is 11.0. The second kappa shape index (κ2) is 9.74. The molecule has 174 valence electrons. The largest absolute Gasteiger partial charge is 0.378 e. The SMILES string of the molecule is Cn1c(=NN=CC2=C(N3CCOCC3)C(=Cc3ccc([N+](=O)[O-])cc3)CC2)sc2ccccc21. The van der Waals surface area contributed by atoms with Gasteiger partial charge in [0.05, 0.1) is 34.6 Å².